The van der Waals surface area contributed by atoms with Crippen molar-refractivity contribution in [1.29, 1.82) is 0 Å². The van der Waals surface area contributed by atoms with Crippen molar-refractivity contribution in [3.8, 4) is 5.69 Å². The molecule has 0 fully saturated rings. The zero-order valence-corrected chi connectivity index (χ0v) is 18.8. The molecular formula is C22H19F3N6O4. The Morgan fingerprint density at radius 3 is 2.29 bits per heavy atom. The number of pyridine rings is 1. The predicted molar refractivity (Wildman–Crippen MR) is 121 cm³/mol. The summed E-state index contributed by atoms with van der Waals surface area (Å²) in [5.41, 5.74) is -3.30. The van der Waals surface area contributed by atoms with Crippen molar-refractivity contribution in [3.63, 3.8) is 0 Å². The third kappa shape index (κ3) is 4.05. The highest BCUT2D eigenvalue weighted by Gasteiger charge is 2.33. The van der Waals surface area contributed by atoms with Crippen LogP contribution in [0.5, 0.6) is 0 Å². The second kappa shape index (κ2) is 8.42. The smallest absolute Gasteiger partial charge is 0.318 e. The van der Waals surface area contributed by atoms with Crippen molar-refractivity contribution in [1.82, 2.24) is 23.5 Å². The Morgan fingerprint density at radius 1 is 1.00 bits per heavy atom. The van der Waals surface area contributed by atoms with Gasteiger partial charge >= 0.3 is 11.9 Å². The summed E-state index contributed by atoms with van der Waals surface area (Å²) >= 11 is 0. The van der Waals surface area contributed by atoms with Crippen LogP contribution in [0.25, 0.3) is 16.7 Å². The van der Waals surface area contributed by atoms with Gasteiger partial charge in [-0.2, -0.15) is 13.2 Å². The molecule has 0 saturated heterocycles. The Labute approximate surface area is 194 Å². The number of amides is 1. The predicted octanol–water partition coefficient (Wildman–Crippen LogP) is 1.55. The highest BCUT2D eigenvalue weighted by atomic mass is 19.4. The van der Waals surface area contributed by atoms with Crippen molar-refractivity contribution in [2.75, 3.05) is 5.32 Å². The van der Waals surface area contributed by atoms with Gasteiger partial charge in [0.25, 0.3) is 11.1 Å². The summed E-state index contributed by atoms with van der Waals surface area (Å²) in [5, 5.41) is 2.18. The largest absolute Gasteiger partial charge is 0.433 e. The summed E-state index contributed by atoms with van der Waals surface area (Å²) in [6, 6.07) is 10.2. The number of anilines is 1. The van der Waals surface area contributed by atoms with E-state index in [-0.39, 0.29) is 11.1 Å². The first-order valence-corrected chi connectivity index (χ1v) is 10.2. The molecule has 4 aromatic rings. The fraction of sp³-hybridized carbons (Fsp3) is 0.227. The number of halogens is 3. The number of hydrogen-bond acceptors (Lipinski definition) is 5. The highest BCUT2D eigenvalue weighted by Crippen LogP contribution is 2.28. The number of alkyl halides is 3. The number of rotatable bonds is 4. The average molecular weight is 488 g/mol. The van der Waals surface area contributed by atoms with Crippen LogP contribution in [-0.4, -0.2) is 29.4 Å². The van der Waals surface area contributed by atoms with Crippen LogP contribution in [0.2, 0.25) is 0 Å². The second-order valence-corrected chi connectivity index (χ2v) is 7.78. The van der Waals surface area contributed by atoms with E-state index in [1.54, 1.807) is 49.0 Å². The molecule has 0 atom stereocenters. The molecule has 0 aliphatic carbocycles. The van der Waals surface area contributed by atoms with Gasteiger partial charge in [-0.1, -0.05) is 18.2 Å². The Balaban J connectivity index is 1.71. The molecule has 0 aliphatic rings. The SMILES string of the molecule is Cc1c(NC(=O)Cn2c(=O)c3ccc(C(F)(F)F)nc3n(C)c2=O)c(=O)n(-c2ccccc2)n1C. The number of para-hydroxylation sites is 1. The molecular weight excluding hydrogens is 469 g/mol. The van der Waals surface area contributed by atoms with Gasteiger partial charge in [-0.3, -0.25) is 28.2 Å². The number of aryl methyl sites for hydroxylation is 1. The van der Waals surface area contributed by atoms with Crippen molar-refractivity contribution in [2.45, 2.75) is 19.6 Å². The third-order valence-corrected chi connectivity index (χ3v) is 5.60. The van der Waals surface area contributed by atoms with Crippen molar-refractivity contribution in [3.05, 3.63) is 85.0 Å². The molecule has 13 heteroatoms. The lowest BCUT2D eigenvalue weighted by molar-refractivity contribution is -0.141. The first kappa shape index (κ1) is 23.7. The van der Waals surface area contributed by atoms with Gasteiger partial charge in [-0.05, 0) is 31.2 Å². The van der Waals surface area contributed by atoms with E-state index in [2.05, 4.69) is 10.3 Å². The maximum absolute atomic E-state index is 13.0. The topological polar surface area (TPSA) is 113 Å². The van der Waals surface area contributed by atoms with Crippen LogP contribution < -0.4 is 22.1 Å². The highest BCUT2D eigenvalue weighted by molar-refractivity contribution is 5.91. The minimum Gasteiger partial charge on any atom is -0.318 e. The van der Waals surface area contributed by atoms with Crippen LogP contribution in [0.15, 0.2) is 56.8 Å². The zero-order valence-electron chi connectivity index (χ0n) is 18.8. The number of carbonyl (C=O) groups excluding carboxylic acids is 1. The molecule has 0 unspecified atom stereocenters. The van der Waals surface area contributed by atoms with Gasteiger partial charge in [0.05, 0.1) is 16.8 Å². The van der Waals surface area contributed by atoms with Crippen LogP contribution >= 0.6 is 0 Å². The van der Waals surface area contributed by atoms with Gasteiger partial charge < -0.3 is 5.32 Å². The third-order valence-electron chi connectivity index (χ3n) is 5.60. The fourth-order valence-corrected chi connectivity index (χ4v) is 3.71. The van der Waals surface area contributed by atoms with Crippen molar-refractivity contribution in [2.24, 2.45) is 14.1 Å². The fourth-order valence-electron chi connectivity index (χ4n) is 3.71. The molecule has 1 N–H and O–H groups in total. The molecule has 0 radical (unpaired) electrons. The van der Waals surface area contributed by atoms with Crippen molar-refractivity contribution >= 4 is 22.6 Å². The van der Waals surface area contributed by atoms with Gasteiger partial charge in [0.2, 0.25) is 5.91 Å². The lowest BCUT2D eigenvalue weighted by atomic mass is 10.2. The summed E-state index contributed by atoms with van der Waals surface area (Å²) in [6.07, 6.45) is -4.76. The number of fused-ring (bicyclic) bond motifs is 1. The maximum atomic E-state index is 13.0. The number of aromatic nitrogens is 5. The van der Waals surface area contributed by atoms with Gasteiger partial charge in [0.15, 0.2) is 0 Å². The Morgan fingerprint density at radius 2 is 1.66 bits per heavy atom. The van der Waals surface area contributed by atoms with Crippen LogP contribution in [-0.2, 0) is 31.6 Å². The molecule has 0 saturated carbocycles. The lowest BCUT2D eigenvalue weighted by Crippen LogP contribution is -2.42. The van der Waals surface area contributed by atoms with Gasteiger partial charge in [0.1, 0.15) is 23.6 Å². The van der Waals surface area contributed by atoms with E-state index in [1.807, 2.05) is 0 Å². The Kier molecular flexibility index (Phi) is 5.71. The molecule has 1 aromatic carbocycles. The normalized spacial score (nSPS) is 11.7. The van der Waals surface area contributed by atoms with E-state index in [9.17, 15) is 32.3 Å². The van der Waals surface area contributed by atoms with Crippen LogP contribution in [0.1, 0.15) is 11.4 Å². The quantitative estimate of drug-likeness (QED) is 0.469. The summed E-state index contributed by atoms with van der Waals surface area (Å²) in [6.45, 7) is 0.850. The minimum absolute atomic E-state index is 0.0384. The summed E-state index contributed by atoms with van der Waals surface area (Å²) < 4.78 is 43.2. The number of nitrogens with zero attached hydrogens (tertiary/aromatic N) is 5. The van der Waals surface area contributed by atoms with Crippen molar-refractivity contribution < 1.29 is 18.0 Å². The van der Waals surface area contributed by atoms with Crippen LogP contribution in [0, 0.1) is 6.92 Å². The maximum Gasteiger partial charge on any atom is 0.433 e. The molecule has 1 amide bonds. The molecule has 0 aliphatic heterocycles. The Hall–Kier alpha value is -4.42. The van der Waals surface area contributed by atoms with Gasteiger partial charge in [-0.15, -0.1) is 0 Å². The molecule has 182 valence electrons. The van der Waals surface area contributed by atoms with E-state index < -0.39 is 46.8 Å². The monoisotopic (exact) mass is 488 g/mol. The molecule has 3 aromatic heterocycles. The first-order valence-electron chi connectivity index (χ1n) is 10.2. The summed E-state index contributed by atoms with van der Waals surface area (Å²) in [7, 11) is 2.77. The number of hydrogen-bond donors (Lipinski definition) is 1. The summed E-state index contributed by atoms with van der Waals surface area (Å²) in [5.74, 6) is -0.838. The molecule has 0 spiro atoms. The van der Waals surface area contributed by atoms with E-state index in [0.717, 1.165) is 17.7 Å². The first-order chi connectivity index (χ1) is 16.4. The molecule has 3 heterocycles. The van der Waals surface area contributed by atoms with Gasteiger partial charge in [0, 0.05) is 14.1 Å². The number of carbonyl (C=O) groups is 1. The van der Waals surface area contributed by atoms with E-state index in [0.29, 0.717) is 22.0 Å². The van der Waals surface area contributed by atoms with Crippen LogP contribution in [0.3, 0.4) is 0 Å². The summed E-state index contributed by atoms with van der Waals surface area (Å²) in [4.78, 5) is 54.6. The minimum atomic E-state index is -4.76. The van der Waals surface area contributed by atoms with E-state index in [4.69, 9.17) is 0 Å². The molecule has 4 rings (SSSR count). The molecule has 10 nitrogen and oxygen atoms in total. The molecule has 35 heavy (non-hydrogen) atoms. The average Bonchev–Trinajstić information content (AvgIpc) is 3.03. The van der Waals surface area contributed by atoms with E-state index in [1.165, 1.54) is 4.68 Å². The Bertz CT molecular complexity index is 1640. The van der Waals surface area contributed by atoms with Crippen LogP contribution in [0.4, 0.5) is 18.9 Å². The number of benzene rings is 1. The zero-order chi connectivity index (χ0) is 25.7. The molecule has 0 bridgehead atoms. The standard InChI is InChI=1S/C22H19F3N6O4/c1-12-17(20(34)31(29(12)3)13-7-5-4-6-8-13)27-16(32)11-30-19(33)14-9-10-15(22(23,24)25)26-18(14)28(2)21(30)35/h4-10H,11H2,1-3H3,(H,27,32). The van der Waals surface area contributed by atoms with E-state index >= 15 is 0 Å². The lowest BCUT2D eigenvalue weighted by Gasteiger charge is -2.12. The number of nitrogens with one attached hydrogen (secondary N) is 1. The second-order valence-electron chi connectivity index (χ2n) is 7.78. The van der Waals surface area contributed by atoms with Gasteiger partial charge in [-0.25, -0.2) is 14.5 Å².